The molecule has 0 radical (unpaired) electrons. The fraction of sp³-hybridized carbons (Fsp3) is 0.286. The van der Waals surface area contributed by atoms with Crippen molar-refractivity contribution >= 4 is 33.3 Å². The van der Waals surface area contributed by atoms with E-state index in [1.54, 1.807) is 23.0 Å². The monoisotopic (exact) mass is 409 g/mol. The first kappa shape index (κ1) is 18.1. The van der Waals surface area contributed by atoms with Gasteiger partial charge in [-0.2, -0.15) is 10.2 Å². The quantitative estimate of drug-likeness (QED) is 0.510. The van der Waals surface area contributed by atoms with Crippen molar-refractivity contribution in [2.75, 3.05) is 5.32 Å². The molecule has 29 heavy (non-hydrogen) atoms. The molecule has 1 saturated carbocycles. The van der Waals surface area contributed by atoms with Crippen LogP contribution in [0, 0.1) is 12.7 Å². The van der Waals surface area contributed by atoms with E-state index in [1.807, 2.05) is 23.7 Å². The van der Waals surface area contributed by atoms with Crippen molar-refractivity contribution < 1.29 is 9.18 Å². The maximum absolute atomic E-state index is 13.3. The molecule has 8 heteroatoms. The van der Waals surface area contributed by atoms with Crippen molar-refractivity contribution in [3.05, 3.63) is 59.0 Å². The van der Waals surface area contributed by atoms with E-state index in [2.05, 4.69) is 15.5 Å². The third-order valence-electron chi connectivity index (χ3n) is 5.42. The lowest BCUT2D eigenvalue weighted by molar-refractivity contribution is 0.102. The number of amides is 1. The molecule has 0 spiro atoms. The van der Waals surface area contributed by atoms with Crippen LogP contribution in [0.15, 0.2) is 42.6 Å². The summed E-state index contributed by atoms with van der Waals surface area (Å²) in [6.07, 6.45) is 6.33. The number of rotatable bonds is 4. The van der Waals surface area contributed by atoms with Gasteiger partial charge in [-0.25, -0.2) is 13.8 Å². The highest BCUT2D eigenvalue weighted by Gasteiger charge is 2.22. The Balaban J connectivity index is 1.45. The van der Waals surface area contributed by atoms with Crippen LogP contribution in [-0.2, 0) is 0 Å². The molecule has 4 aromatic rings. The third kappa shape index (κ3) is 3.23. The van der Waals surface area contributed by atoms with E-state index in [1.165, 1.54) is 36.3 Å². The number of aryl methyl sites for hydroxylation is 1. The molecule has 1 N–H and O–H groups in total. The number of halogens is 1. The summed E-state index contributed by atoms with van der Waals surface area (Å²) < 4.78 is 17.0. The van der Waals surface area contributed by atoms with Crippen LogP contribution in [-0.4, -0.2) is 25.5 Å². The van der Waals surface area contributed by atoms with E-state index >= 15 is 0 Å². The Labute approximate surface area is 171 Å². The van der Waals surface area contributed by atoms with Crippen LogP contribution in [0.2, 0.25) is 0 Å². The molecule has 3 heterocycles. The maximum Gasteiger partial charge on any atom is 0.266 e. The Morgan fingerprint density at radius 1 is 1.21 bits per heavy atom. The molecule has 1 aromatic carbocycles. The molecule has 0 bridgehead atoms. The van der Waals surface area contributed by atoms with Crippen LogP contribution in [0.5, 0.6) is 0 Å². The normalized spacial score (nSPS) is 14.7. The standard InChI is InChI=1S/C21H20FN5OS/c1-13-17-12-18(29-21(17)27(25-13)16-8-6-14(22)7-9-16)20(28)24-19-10-11-23-26(19)15-4-2-3-5-15/h6-12,15H,2-5H2,1H3,(H,24,28). The summed E-state index contributed by atoms with van der Waals surface area (Å²) in [7, 11) is 0. The van der Waals surface area contributed by atoms with E-state index in [-0.39, 0.29) is 11.7 Å². The van der Waals surface area contributed by atoms with Crippen molar-refractivity contribution in [1.82, 2.24) is 19.6 Å². The van der Waals surface area contributed by atoms with E-state index < -0.39 is 0 Å². The zero-order valence-corrected chi connectivity index (χ0v) is 16.7. The van der Waals surface area contributed by atoms with Gasteiger partial charge in [0.05, 0.1) is 28.5 Å². The second kappa shape index (κ2) is 7.11. The molecular weight excluding hydrogens is 389 g/mol. The highest BCUT2D eigenvalue weighted by Crippen LogP contribution is 2.33. The van der Waals surface area contributed by atoms with Gasteiger partial charge in [0.15, 0.2) is 0 Å². The summed E-state index contributed by atoms with van der Waals surface area (Å²) >= 11 is 1.38. The predicted octanol–water partition coefficient (Wildman–Crippen LogP) is 5.10. The minimum atomic E-state index is -0.293. The van der Waals surface area contributed by atoms with Gasteiger partial charge in [0.2, 0.25) is 0 Å². The van der Waals surface area contributed by atoms with E-state index in [0.29, 0.717) is 10.9 Å². The number of benzene rings is 1. The highest BCUT2D eigenvalue weighted by molar-refractivity contribution is 7.20. The van der Waals surface area contributed by atoms with Crippen LogP contribution < -0.4 is 5.32 Å². The predicted molar refractivity (Wildman–Crippen MR) is 111 cm³/mol. The van der Waals surface area contributed by atoms with Crippen molar-refractivity contribution in [1.29, 1.82) is 0 Å². The van der Waals surface area contributed by atoms with Crippen molar-refractivity contribution in [3.63, 3.8) is 0 Å². The Bertz CT molecular complexity index is 1180. The van der Waals surface area contributed by atoms with Gasteiger partial charge in [0.25, 0.3) is 5.91 Å². The van der Waals surface area contributed by atoms with Gasteiger partial charge in [-0.1, -0.05) is 12.8 Å². The zero-order chi connectivity index (χ0) is 20.0. The number of nitrogens with one attached hydrogen (secondary N) is 1. The van der Waals surface area contributed by atoms with Gasteiger partial charge < -0.3 is 5.32 Å². The van der Waals surface area contributed by atoms with Crippen molar-refractivity contribution in [2.24, 2.45) is 0 Å². The lowest BCUT2D eigenvalue weighted by Gasteiger charge is -2.14. The Morgan fingerprint density at radius 3 is 2.72 bits per heavy atom. The first-order valence-corrected chi connectivity index (χ1v) is 10.5. The van der Waals surface area contributed by atoms with Crippen LogP contribution in [0.4, 0.5) is 10.2 Å². The second-order valence-corrected chi connectivity index (χ2v) is 8.39. The minimum absolute atomic E-state index is 0.156. The average molecular weight is 409 g/mol. The van der Waals surface area contributed by atoms with E-state index in [0.717, 1.165) is 40.3 Å². The number of anilines is 1. The molecule has 1 aliphatic carbocycles. The number of nitrogens with zero attached hydrogens (tertiary/aromatic N) is 4. The molecule has 0 saturated heterocycles. The maximum atomic E-state index is 13.3. The molecular formula is C21H20FN5OS. The first-order valence-electron chi connectivity index (χ1n) is 9.70. The molecule has 3 aromatic heterocycles. The lowest BCUT2D eigenvalue weighted by Crippen LogP contribution is -2.16. The van der Waals surface area contributed by atoms with Gasteiger partial charge in [0, 0.05) is 11.5 Å². The lowest BCUT2D eigenvalue weighted by atomic mass is 10.2. The van der Waals surface area contributed by atoms with Gasteiger partial charge in [-0.05, 0) is 50.1 Å². The molecule has 6 nitrogen and oxygen atoms in total. The van der Waals surface area contributed by atoms with Crippen molar-refractivity contribution in [2.45, 2.75) is 38.6 Å². The number of hydrogen-bond acceptors (Lipinski definition) is 4. The summed E-state index contributed by atoms with van der Waals surface area (Å²) in [4.78, 5) is 14.4. The van der Waals surface area contributed by atoms with E-state index in [4.69, 9.17) is 0 Å². The molecule has 1 aliphatic rings. The van der Waals surface area contributed by atoms with Crippen LogP contribution >= 0.6 is 11.3 Å². The zero-order valence-electron chi connectivity index (χ0n) is 15.9. The number of fused-ring (bicyclic) bond motifs is 1. The summed E-state index contributed by atoms with van der Waals surface area (Å²) in [5, 5.41) is 12.9. The fourth-order valence-corrected chi connectivity index (χ4v) is 5.03. The van der Waals surface area contributed by atoms with E-state index in [9.17, 15) is 9.18 Å². The summed E-state index contributed by atoms with van der Waals surface area (Å²) in [6, 6.07) is 10.2. The topological polar surface area (TPSA) is 64.7 Å². The Kier molecular flexibility index (Phi) is 4.43. The summed E-state index contributed by atoms with van der Waals surface area (Å²) in [5.41, 5.74) is 1.59. The minimum Gasteiger partial charge on any atom is -0.306 e. The SMILES string of the molecule is Cc1nn(-c2ccc(F)cc2)c2sc(C(=O)Nc3ccnn3C3CCCC3)cc12. The molecule has 5 rings (SSSR count). The van der Waals surface area contributed by atoms with Crippen molar-refractivity contribution in [3.8, 4) is 5.69 Å². The molecule has 1 fully saturated rings. The molecule has 0 atom stereocenters. The van der Waals surface area contributed by atoms with Crippen LogP contribution in [0.25, 0.3) is 15.9 Å². The molecule has 0 unspecified atom stereocenters. The summed E-state index contributed by atoms with van der Waals surface area (Å²) in [6.45, 7) is 1.91. The van der Waals surface area contributed by atoms with Gasteiger partial charge in [-0.15, -0.1) is 11.3 Å². The van der Waals surface area contributed by atoms with Gasteiger partial charge in [-0.3, -0.25) is 4.79 Å². The number of hydrogen-bond donors (Lipinski definition) is 1. The van der Waals surface area contributed by atoms with Gasteiger partial charge >= 0.3 is 0 Å². The number of thiophene rings is 1. The third-order valence-corrected chi connectivity index (χ3v) is 6.53. The number of carbonyl (C=O) groups is 1. The Hall–Kier alpha value is -3.00. The smallest absolute Gasteiger partial charge is 0.266 e. The highest BCUT2D eigenvalue weighted by atomic mass is 32.1. The van der Waals surface area contributed by atoms with Crippen LogP contribution in [0.3, 0.4) is 0 Å². The summed E-state index contributed by atoms with van der Waals surface area (Å²) in [5.74, 6) is 0.284. The largest absolute Gasteiger partial charge is 0.306 e. The fourth-order valence-electron chi connectivity index (χ4n) is 3.95. The number of carbonyl (C=O) groups excluding carboxylic acids is 1. The molecule has 0 aliphatic heterocycles. The molecule has 148 valence electrons. The first-order chi connectivity index (χ1) is 14.1. The number of aromatic nitrogens is 4. The van der Waals surface area contributed by atoms with Gasteiger partial charge in [0.1, 0.15) is 16.5 Å². The second-order valence-electron chi connectivity index (χ2n) is 7.36. The Morgan fingerprint density at radius 2 is 1.97 bits per heavy atom. The average Bonchev–Trinajstić information content (AvgIpc) is 3.48. The van der Waals surface area contributed by atoms with Crippen LogP contribution in [0.1, 0.15) is 47.1 Å². The molecule has 1 amide bonds.